The molecule has 0 aliphatic heterocycles. The fraction of sp³-hybridized carbons (Fsp3) is 0.0952. The third-order valence-corrected chi connectivity index (χ3v) is 5.88. The maximum atomic E-state index is 4.67. The first-order valence-electron chi connectivity index (χ1n) is 8.28. The summed E-state index contributed by atoms with van der Waals surface area (Å²) in [5.74, 6) is 0. The molecular formula is C21H17N3S2. The van der Waals surface area contributed by atoms with E-state index in [1.54, 1.807) is 22.7 Å². The Morgan fingerprint density at radius 3 is 2.35 bits per heavy atom. The lowest BCUT2D eigenvalue weighted by Gasteiger charge is -1.97. The highest BCUT2D eigenvalue weighted by atomic mass is 32.1. The second-order valence-electron chi connectivity index (χ2n) is 5.89. The molecule has 0 saturated heterocycles. The first-order chi connectivity index (χ1) is 12.7. The number of thiazole rings is 2. The summed E-state index contributed by atoms with van der Waals surface area (Å²) in [4.78, 5) is 14.9. The van der Waals surface area contributed by atoms with Crippen LogP contribution in [0.4, 0.5) is 5.69 Å². The van der Waals surface area contributed by atoms with Crippen LogP contribution in [0.2, 0.25) is 0 Å². The molecule has 26 heavy (non-hydrogen) atoms. The lowest BCUT2D eigenvalue weighted by molar-refractivity contribution is 1.26. The molecule has 0 saturated carbocycles. The minimum atomic E-state index is 0.926. The van der Waals surface area contributed by atoms with Gasteiger partial charge in [0.1, 0.15) is 5.01 Å². The van der Waals surface area contributed by atoms with E-state index in [0.717, 1.165) is 43.1 Å². The minimum Gasteiger partial charge on any atom is -0.255 e. The van der Waals surface area contributed by atoms with E-state index in [9.17, 15) is 0 Å². The summed E-state index contributed by atoms with van der Waals surface area (Å²) in [6.45, 7) is 4.05. The van der Waals surface area contributed by atoms with Crippen molar-refractivity contribution in [3.05, 3.63) is 75.6 Å². The zero-order valence-corrected chi connectivity index (χ0v) is 16.1. The van der Waals surface area contributed by atoms with Crippen LogP contribution in [0.5, 0.6) is 0 Å². The second-order valence-corrected chi connectivity index (χ2v) is 7.98. The Balaban J connectivity index is 1.54. The third-order valence-electron chi connectivity index (χ3n) is 3.97. The quantitative estimate of drug-likeness (QED) is 0.393. The summed E-state index contributed by atoms with van der Waals surface area (Å²) in [5.41, 5.74) is 5.22. The summed E-state index contributed by atoms with van der Waals surface area (Å²) in [6.07, 6.45) is 1.90. The number of aromatic nitrogens is 2. The molecule has 4 rings (SSSR count). The van der Waals surface area contributed by atoms with Gasteiger partial charge in [-0.1, -0.05) is 42.5 Å². The number of hydrogen-bond acceptors (Lipinski definition) is 5. The van der Waals surface area contributed by atoms with Crippen LogP contribution in [-0.2, 0) is 0 Å². The number of nitrogens with zero attached hydrogens (tertiary/aromatic N) is 3. The van der Waals surface area contributed by atoms with Gasteiger partial charge in [0.2, 0.25) is 0 Å². The Hall–Kier alpha value is -2.63. The van der Waals surface area contributed by atoms with Gasteiger partial charge in [-0.3, -0.25) is 4.99 Å². The lowest BCUT2D eigenvalue weighted by atomic mass is 10.1. The van der Waals surface area contributed by atoms with Gasteiger partial charge in [-0.2, -0.15) is 0 Å². The van der Waals surface area contributed by atoms with E-state index in [4.69, 9.17) is 0 Å². The zero-order chi connectivity index (χ0) is 17.9. The van der Waals surface area contributed by atoms with Crippen molar-refractivity contribution in [2.75, 3.05) is 0 Å². The molecule has 3 nitrogen and oxygen atoms in total. The maximum Gasteiger partial charge on any atom is 0.124 e. The van der Waals surface area contributed by atoms with Crippen LogP contribution in [-0.4, -0.2) is 16.2 Å². The van der Waals surface area contributed by atoms with Crippen LogP contribution in [0, 0.1) is 13.8 Å². The Morgan fingerprint density at radius 2 is 1.65 bits per heavy atom. The molecule has 0 aliphatic carbocycles. The van der Waals surface area contributed by atoms with Crippen LogP contribution >= 0.6 is 22.7 Å². The summed E-state index contributed by atoms with van der Waals surface area (Å²) in [7, 11) is 0. The first kappa shape index (κ1) is 16.8. The Kier molecular flexibility index (Phi) is 4.73. The molecule has 0 amide bonds. The Bertz CT molecular complexity index is 1040. The van der Waals surface area contributed by atoms with Gasteiger partial charge in [0.05, 0.1) is 27.0 Å². The first-order valence-corrected chi connectivity index (χ1v) is 9.98. The summed E-state index contributed by atoms with van der Waals surface area (Å²) >= 11 is 3.33. The monoisotopic (exact) mass is 375 g/mol. The Labute approximate surface area is 160 Å². The van der Waals surface area contributed by atoms with Gasteiger partial charge in [0, 0.05) is 22.7 Å². The normalized spacial score (nSPS) is 11.3. The van der Waals surface area contributed by atoms with Gasteiger partial charge in [0.25, 0.3) is 0 Å². The van der Waals surface area contributed by atoms with Crippen molar-refractivity contribution in [1.82, 2.24) is 9.97 Å². The van der Waals surface area contributed by atoms with E-state index >= 15 is 0 Å². The van der Waals surface area contributed by atoms with Crippen LogP contribution in [0.15, 0.2) is 65.0 Å². The van der Waals surface area contributed by atoms with Crippen molar-refractivity contribution in [2.24, 2.45) is 4.99 Å². The van der Waals surface area contributed by atoms with Crippen molar-refractivity contribution >= 4 is 34.6 Å². The lowest BCUT2D eigenvalue weighted by Crippen LogP contribution is -1.81. The number of aryl methyl sites for hydroxylation is 2. The summed E-state index contributed by atoms with van der Waals surface area (Å²) < 4.78 is 0. The SMILES string of the molecule is Cc1nc(-c2ccc(N=Cc3sc(-c4ccccc4)nc3C)cc2)cs1. The number of hydrogen-bond donors (Lipinski definition) is 0. The molecule has 0 N–H and O–H groups in total. The molecular weight excluding hydrogens is 358 g/mol. The van der Waals surface area contributed by atoms with Gasteiger partial charge in [0.15, 0.2) is 0 Å². The molecule has 128 valence electrons. The van der Waals surface area contributed by atoms with E-state index in [0.29, 0.717) is 0 Å². The number of aliphatic imine (C=N–C) groups is 1. The van der Waals surface area contributed by atoms with Gasteiger partial charge < -0.3 is 0 Å². The molecule has 0 unspecified atom stereocenters. The van der Waals surface area contributed by atoms with Crippen LogP contribution < -0.4 is 0 Å². The molecule has 4 aromatic rings. The third kappa shape index (κ3) is 3.64. The predicted octanol–water partition coefficient (Wildman–Crippen LogP) is 6.30. The van der Waals surface area contributed by atoms with Crippen molar-refractivity contribution in [3.8, 4) is 21.8 Å². The van der Waals surface area contributed by atoms with Crippen molar-refractivity contribution < 1.29 is 0 Å². The van der Waals surface area contributed by atoms with Crippen molar-refractivity contribution in [1.29, 1.82) is 0 Å². The van der Waals surface area contributed by atoms with E-state index in [1.807, 2.05) is 50.4 Å². The standard InChI is InChI=1S/C21H17N3S2/c1-14-20(26-21(23-14)17-6-4-3-5-7-17)12-22-18-10-8-16(9-11-18)19-13-25-15(2)24-19/h3-13H,1-2H3. The minimum absolute atomic E-state index is 0.926. The molecule has 0 radical (unpaired) electrons. The molecule has 2 heterocycles. The second kappa shape index (κ2) is 7.32. The van der Waals surface area contributed by atoms with Crippen LogP contribution in [0.1, 0.15) is 15.6 Å². The highest BCUT2D eigenvalue weighted by Crippen LogP contribution is 2.28. The highest BCUT2D eigenvalue weighted by molar-refractivity contribution is 7.16. The molecule has 0 bridgehead atoms. The van der Waals surface area contributed by atoms with E-state index in [-0.39, 0.29) is 0 Å². The van der Waals surface area contributed by atoms with Gasteiger partial charge in [-0.05, 0) is 26.0 Å². The largest absolute Gasteiger partial charge is 0.255 e. The van der Waals surface area contributed by atoms with Gasteiger partial charge in [-0.25, -0.2) is 9.97 Å². The van der Waals surface area contributed by atoms with Crippen LogP contribution in [0.25, 0.3) is 21.8 Å². The summed E-state index contributed by atoms with van der Waals surface area (Å²) in [5, 5.41) is 4.19. The van der Waals surface area contributed by atoms with E-state index < -0.39 is 0 Å². The number of benzene rings is 2. The summed E-state index contributed by atoms with van der Waals surface area (Å²) in [6, 6.07) is 18.4. The molecule has 0 spiro atoms. The highest BCUT2D eigenvalue weighted by Gasteiger charge is 2.07. The average molecular weight is 376 g/mol. The average Bonchev–Trinajstić information content (AvgIpc) is 3.27. The van der Waals surface area contributed by atoms with Gasteiger partial charge in [-0.15, -0.1) is 22.7 Å². The maximum absolute atomic E-state index is 4.67. The van der Waals surface area contributed by atoms with Crippen molar-refractivity contribution in [3.63, 3.8) is 0 Å². The fourth-order valence-corrected chi connectivity index (χ4v) is 4.15. The smallest absolute Gasteiger partial charge is 0.124 e. The molecule has 0 atom stereocenters. The molecule has 2 aromatic carbocycles. The molecule has 5 heteroatoms. The topological polar surface area (TPSA) is 38.1 Å². The fourth-order valence-electron chi connectivity index (χ4n) is 2.58. The zero-order valence-electron chi connectivity index (χ0n) is 14.5. The number of rotatable bonds is 4. The predicted molar refractivity (Wildman–Crippen MR) is 112 cm³/mol. The molecule has 0 fully saturated rings. The van der Waals surface area contributed by atoms with Crippen LogP contribution in [0.3, 0.4) is 0 Å². The molecule has 0 aliphatic rings. The van der Waals surface area contributed by atoms with Gasteiger partial charge >= 0.3 is 0 Å². The van der Waals surface area contributed by atoms with E-state index in [1.165, 1.54) is 0 Å². The Morgan fingerprint density at radius 1 is 0.885 bits per heavy atom. The molecule has 2 aromatic heterocycles. The van der Waals surface area contributed by atoms with E-state index in [2.05, 4.69) is 44.6 Å². The van der Waals surface area contributed by atoms with Crippen molar-refractivity contribution in [2.45, 2.75) is 13.8 Å².